The molecule has 0 aromatic carbocycles. The van der Waals surface area contributed by atoms with Gasteiger partial charge in [0.05, 0.1) is 0 Å². The lowest BCUT2D eigenvalue weighted by atomic mass is 9.95. The Bertz CT molecular complexity index is 604. The van der Waals surface area contributed by atoms with Crippen molar-refractivity contribution in [3.8, 4) is 0 Å². The maximum absolute atomic E-state index is 11.9. The second-order valence-corrected chi connectivity index (χ2v) is 5.71. The topological polar surface area (TPSA) is 140 Å². The van der Waals surface area contributed by atoms with E-state index in [0.29, 0.717) is 0 Å². The van der Waals surface area contributed by atoms with E-state index in [2.05, 4.69) is 19.7 Å². The third-order valence-corrected chi connectivity index (χ3v) is 3.26. The Labute approximate surface area is 151 Å². The van der Waals surface area contributed by atoms with Gasteiger partial charge < -0.3 is 29.5 Å². The summed E-state index contributed by atoms with van der Waals surface area (Å²) in [6, 6.07) is 0. The van der Waals surface area contributed by atoms with Gasteiger partial charge in [-0.2, -0.15) is 0 Å². The summed E-state index contributed by atoms with van der Waals surface area (Å²) >= 11 is 0. The van der Waals surface area contributed by atoms with Crippen LogP contribution in [0.4, 0.5) is 0 Å². The molecule has 9 nitrogen and oxygen atoms in total. The van der Waals surface area contributed by atoms with Gasteiger partial charge in [0.2, 0.25) is 6.29 Å². The van der Waals surface area contributed by atoms with Gasteiger partial charge in [0.15, 0.2) is 0 Å². The first kappa shape index (κ1) is 23.5. The predicted octanol–water partition coefficient (Wildman–Crippen LogP) is 0.450. The van der Waals surface area contributed by atoms with Crippen LogP contribution in [-0.4, -0.2) is 51.1 Å². The quantitative estimate of drug-likeness (QED) is 0.299. The normalized spacial score (nSPS) is 13.4. The van der Waals surface area contributed by atoms with Gasteiger partial charge in [-0.05, 0) is 20.8 Å². The lowest BCUT2D eigenvalue weighted by molar-refractivity contribution is -0.420. The fraction of sp³-hybridized carbons (Fsp3) is 0.471. The SMILES string of the molecule is C=C(C)C(=O)OC(O)(OC(=O)C(=C)C)C(CC)(OC(=O)C(=C)C)C(O)O. The van der Waals surface area contributed by atoms with Crippen molar-refractivity contribution in [3.63, 3.8) is 0 Å². The van der Waals surface area contributed by atoms with Crippen molar-refractivity contribution in [2.45, 2.75) is 52.0 Å². The number of rotatable bonds is 9. The molecule has 0 aromatic heterocycles. The Morgan fingerprint density at radius 1 is 0.846 bits per heavy atom. The number of aliphatic hydroxyl groups excluding tert-OH is 1. The molecule has 0 saturated carbocycles. The highest BCUT2D eigenvalue weighted by Crippen LogP contribution is 2.37. The zero-order valence-electron chi connectivity index (χ0n) is 15.2. The van der Waals surface area contributed by atoms with Crippen LogP contribution in [0.25, 0.3) is 0 Å². The fourth-order valence-corrected chi connectivity index (χ4v) is 1.63. The molecule has 9 heteroatoms. The van der Waals surface area contributed by atoms with E-state index >= 15 is 0 Å². The van der Waals surface area contributed by atoms with Crippen LogP contribution in [0.5, 0.6) is 0 Å². The van der Waals surface area contributed by atoms with E-state index in [1.807, 2.05) is 0 Å². The Morgan fingerprint density at radius 3 is 1.38 bits per heavy atom. The van der Waals surface area contributed by atoms with Crippen LogP contribution in [0.3, 0.4) is 0 Å². The summed E-state index contributed by atoms with van der Waals surface area (Å²) in [6.07, 6.45) is -3.15. The maximum atomic E-state index is 11.9. The monoisotopic (exact) mass is 372 g/mol. The highest BCUT2D eigenvalue weighted by Gasteiger charge is 2.64. The summed E-state index contributed by atoms with van der Waals surface area (Å²) in [4.78, 5) is 35.7. The average molecular weight is 372 g/mol. The second-order valence-electron chi connectivity index (χ2n) is 5.71. The van der Waals surface area contributed by atoms with Crippen LogP contribution in [-0.2, 0) is 28.6 Å². The van der Waals surface area contributed by atoms with E-state index in [4.69, 9.17) is 14.2 Å². The number of carbonyl (C=O) groups excluding carboxylic acids is 3. The van der Waals surface area contributed by atoms with Crippen molar-refractivity contribution in [1.82, 2.24) is 0 Å². The van der Waals surface area contributed by atoms with E-state index in [0.717, 1.165) is 0 Å². The van der Waals surface area contributed by atoms with Crippen molar-refractivity contribution in [2.24, 2.45) is 0 Å². The third kappa shape index (κ3) is 5.01. The van der Waals surface area contributed by atoms with Gasteiger partial charge in [0.1, 0.15) is 0 Å². The second kappa shape index (κ2) is 8.75. The predicted molar refractivity (Wildman–Crippen MR) is 88.9 cm³/mol. The zero-order valence-corrected chi connectivity index (χ0v) is 15.2. The summed E-state index contributed by atoms with van der Waals surface area (Å²) in [7, 11) is 0. The molecule has 0 aromatic rings. The molecular weight excluding hydrogens is 348 g/mol. The maximum Gasteiger partial charge on any atom is 0.421 e. The smallest absolute Gasteiger partial charge is 0.421 e. The third-order valence-electron chi connectivity index (χ3n) is 3.26. The van der Waals surface area contributed by atoms with Crippen molar-refractivity contribution in [3.05, 3.63) is 36.5 Å². The molecule has 1 unspecified atom stereocenters. The minimum absolute atomic E-state index is 0.164. The number of ether oxygens (including phenoxy) is 3. The molecule has 1 atom stereocenters. The van der Waals surface area contributed by atoms with E-state index in [1.54, 1.807) is 0 Å². The molecule has 3 N–H and O–H groups in total. The number of esters is 3. The standard InChI is InChI=1S/C17H24O9/c1-8-16(15(21)22,24-12(18)9(2)3)17(23,25-13(19)10(4)5)26-14(20)11(6)7/h15,21-23H,2,4,6,8H2,1,3,5,7H3. The van der Waals surface area contributed by atoms with Crippen molar-refractivity contribution >= 4 is 17.9 Å². The molecular formula is C17H24O9. The largest absolute Gasteiger partial charge is 0.439 e. The van der Waals surface area contributed by atoms with E-state index < -0.39 is 42.2 Å². The van der Waals surface area contributed by atoms with Crippen molar-refractivity contribution < 1.29 is 43.9 Å². The van der Waals surface area contributed by atoms with Crippen LogP contribution in [0.2, 0.25) is 0 Å². The van der Waals surface area contributed by atoms with Crippen LogP contribution in [0, 0.1) is 0 Å². The van der Waals surface area contributed by atoms with Crippen LogP contribution in [0.15, 0.2) is 36.5 Å². The Kier molecular flexibility index (Phi) is 7.91. The lowest BCUT2D eigenvalue weighted by Crippen LogP contribution is -2.67. The minimum Gasteiger partial charge on any atom is -0.439 e. The van der Waals surface area contributed by atoms with Crippen LogP contribution >= 0.6 is 0 Å². The number of carbonyl (C=O) groups is 3. The number of aliphatic hydroxyl groups is 3. The molecule has 0 aliphatic carbocycles. The number of hydrogen-bond acceptors (Lipinski definition) is 9. The molecule has 0 heterocycles. The summed E-state index contributed by atoms with van der Waals surface area (Å²) in [5, 5.41) is 30.4. The lowest BCUT2D eigenvalue weighted by Gasteiger charge is -2.43. The molecule has 26 heavy (non-hydrogen) atoms. The molecule has 0 bridgehead atoms. The molecule has 0 rings (SSSR count). The highest BCUT2D eigenvalue weighted by atomic mass is 16.9. The Balaban J connectivity index is 6.39. The molecule has 146 valence electrons. The summed E-state index contributed by atoms with van der Waals surface area (Å²) in [6.45, 7) is 14.9. The first-order chi connectivity index (χ1) is 11.7. The molecule has 0 spiro atoms. The van der Waals surface area contributed by atoms with Crippen LogP contribution in [0.1, 0.15) is 34.1 Å². The molecule has 0 aliphatic heterocycles. The van der Waals surface area contributed by atoms with Gasteiger partial charge >= 0.3 is 23.9 Å². The van der Waals surface area contributed by atoms with Gasteiger partial charge in [0, 0.05) is 23.1 Å². The number of hydrogen-bond donors (Lipinski definition) is 3. The molecule has 0 aliphatic rings. The Hall–Kier alpha value is -2.49. The zero-order chi connectivity index (χ0) is 20.9. The Morgan fingerprint density at radius 2 is 1.15 bits per heavy atom. The molecule has 0 radical (unpaired) electrons. The minimum atomic E-state index is -3.40. The van der Waals surface area contributed by atoms with E-state index in [9.17, 15) is 29.7 Å². The summed E-state index contributed by atoms with van der Waals surface area (Å²) in [5.74, 6) is -7.04. The van der Waals surface area contributed by atoms with Gasteiger partial charge in [-0.25, -0.2) is 14.4 Å². The summed E-state index contributed by atoms with van der Waals surface area (Å²) < 4.78 is 14.4. The van der Waals surface area contributed by atoms with Crippen molar-refractivity contribution in [1.29, 1.82) is 0 Å². The first-order valence-corrected chi connectivity index (χ1v) is 7.49. The van der Waals surface area contributed by atoms with Gasteiger partial charge in [0.25, 0.3) is 5.60 Å². The first-order valence-electron chi connectivity index (χ1n) is 7.49. The van der Waals surface area contributed by atoms with Crippen LogP contribution < -0.4 is 0 Å². The fourth-order valence-electron chi connectivity index (χ4n) is 1.63. The summed E-state index contributed by atoms with van der Waals surface area (Å²) in [5.41, 5.74) is -3.36. The highest BCUT2D eigenvalue weighted by molar-refractivity contribution is 5.89. The van der Waals surface area contributed by atoms with Gasteiger partial charge in [-0.15, -0.1) is 0 Å². The van der Waals surface area contributed by atoms with E-state index in [1.165, 1.54) is 27.7 Å². The van der Waals surface area contributed by atoms with Crippen molar-refractivity contribution in [2.75, 3.05) is 0 Å². The average Bonchev–Trinajstić information content (AvgIpc) is 2.50. The molecule has 0 amide bonds. The van der Waals surface area contributed by atoms with Gasteiger partial charge in [-0.1, -0.05) is 26.7 Å². The van der Waals surface area contributed by atoms with Gasteiger partial charge in [-0.3, -0.25) is 0 Å². The molecule has 0 saturated heterocycles. The van der Waals surface area contributed by atoms with E-state index in [-0.39, 0.29) is 16.7 Å². The molecule has 0 fully saturated rings.